The number of likely N-dealkylation sites (N-methyl/N-ethyl adjacent to an activating group) is 1. The minimum absolute atomic E-state index is 0.0302. The number of thioether (sulfide) groups is 1. The summed E-state index contributed by atoms with van der Waals surface area (Å²) in [6.45, 7) is 7.83. The second-order valence-corrected chi connectivity index (χ2v) is 8.42. The van der Waals surface area contributed by atoms with Gasteiger partial charge < -0.3 is 9.47 Å². The Morgan fingerprint density at radius 1 is 1.10 bits per heavy atom. The summed E-state index contributed by atoms with van der Waals surface area (Å²) in [5.74, 6) is 1.67. The average molecular weight is 428 g/mol. The first kappa shape index (κ1) is 21.4. The molecule has 1 aliphatic heterocycles. The molecule has 0 aromatic heterocycles. The third kappa shape index (κ3) is 5.40. The highest BCUT2D eigenvalue weighted by atomic mass is 32.2. The van der Waals surface area contributed by atoms with E-state index in [1.165, 1.54) is 22.9 Å². The molecule has 0 atom stereocenters. The molecule has 1 saturated heterocycles. The van der Waals surface area contributed by atoms with Gasteiger partial charge in [-0.15, -0.1) is 0 Å². The van der Waals surface area contributed by atoms with Crippen molar-refractivity contribution in [2.24, 2.45) is 0 Å². The number of benzene rings is 2. The first-order chi connectivity index (χ1) is 14.0. The molecule has 3 rings (SSSR count). The van der Waals surface area contributed by atoms with E-state index in [0.717, 1.165) is 23.5 Å². The molecule has 29 heavy (non-hydrogen) atoms. The van der Waals surface area contributed by atoms with Crippen molar-refractivity contribution in [3.05, 3.63) is 64.1 Å². The van der Waals surface area contributed by atoms with E-state index in [4.69, 9.17) is 21.7 Å². The number of nitrogens with zero attached hydrogens (tertiary/aromatic N) is 1. The van der Waals surface area contributed by atoms with Gasteiger partial charge in [0, 0.05) is 13.0 Å². The van der Waals surface area contributed by atoms with Gasteiger partial charge in [0.05, 0.1) is 18.1 Å². The van der Waals surface area contributed by atoms with E-state index in [1.54, 1.807) is 4.90 Å². The van der Waals surface area contributed by atoms with Crippen LogP contribution in [0.2, 0.25) is 0 Å². The zero-order valence-electron chi connectivity index (χ0n) is 16.9. The van der Waals surface area contributed by atoms with Crippen LogP contribution >= 0.6 is 24.0 Å². The highest BCUT2D eigenvalue weighted by Crippen LogP contribution is 2.32. The van der Waals surface area contributed by atoms with E-state index in [-0.39, 0.29) is 5.91 Å². The van der Waals surface area contributed by atoms with Gasteiger partial charge in [-0.05, 0) is 61.7 Å². The second-order valence-electron chi connectivity index (χ2n) is 6.75. The van der Waals surface area contributed by atoms with Crippen LogP contribution in [0.15, 0.2) is 47.4 Å². The van der Waals surface area contributed by atoms with Gasteiger partial charge in [0.1, 0.15) is 15.8 Å². The summed E-state index contributed by atoms with van der Waals surface area (Å²) in [5.41, 5.74) is 3.33. The number of ether oxygens (including phenoxy) is 2. The van der Waals surface area contributed by atoms with Crippen molar-refractivity contribution in [1.29, 1.82) is 0 Å². The molecule has 0 bridgehead atoms. The monoisotopic (exact) mass is 427 g/mol. The van der Waals surface area contributed by atoms with Gasteiger partial charge in [-0.1, -0.05) is 48.2 Å². The quantitative estimate of drug-likeness (QED) is 0.322. The molecule has 0 unspecified atom stereocenters. The van der Waals surface area contributed by atoms with Gasteiger partial charge in [0.25, 0.3) is 5.91 Å². The van der Waals surface area contributed by atoms with Gasteiger partial charge in [0.15, 0.2) is 0 Å². The first-order valence-corrected chi connectivity index (χ1v) is 10.9. The minimum Gasteiger partial charge on any atom is -0.493 e. The van der Waals surface area contributed by atoms with Gasteiger partial charge in [-0.25, -0.2) is 0 Å². The summed E-state index contributed by atoms with van der Waals surface area (Å²) in [7, 11) is 0. The molecule has 1 amide bonds. The standard InChI is InChI=1S/C23H25NO3S2/c1-4-24-22(25)21(29-23(24)28)15-18-9-6-10-19(14-18)26-12-7-13-27-20-11-5-8-16(2)17(20)3/h5-6,8-11,14-15H,4,7,12-13H2,1-3H3. The van der Waals surface area contributed by atoms with Gasteiger partial charge in [0.2, 0.25) is 0 Å². The largest absolute Gasteiger partial charge is 0.493 e. The summed E-state index contributed by atoms with van der Waals surface area (Å²) < 4.78 is 12.3. The Morgan fingerprint density at radius 2 is 1.86 bits per heavy atom. The number of hydrogen-bond donors (Lipinski definition) is 0. The highest BCUT2D eigenvalue weighted by Gasteiger charge is 2.30. The van der Waals surface area contributed by atoms with E-state index in [9.17, 15) is 4.79 Å². The highest BCUT2D eigenvalue weighted by molar-refractivity contribution is 8.26. The Balaban J connectivity index is 1.51. The molecule has 0 aliphatic carbocycles. The predicted octanol–water partition coefficient (Wildman–Crippen LogP) is 5.37. The van der Waals surface area contributed by atoms with E-state index in [1.807, 2.05) is 49.4 Å². The van der Waals surface area contributed by atoms with Crippen LogP contribution in [0, 0.1) is 13.8 Å². The van der Waals surface area contributed by atoms with Crippen molar-refractivity contribution < 1.29 is 14.3 Å². The maximum absolute atomic E-state index is 12.3. The number of carbonyl (C=O) groups is 1. The van der Waals surface area contributed by atoms with Crippen LogP contribution in [0.3, 0.4) is 0 Å². The molecular formula is C23H25NO3S2. The van der Waals surface area contributed by atoms with Gasteiger partial charge in [-0.2, -0.15) is 0 Å². The summed E-state index contributed by atoms with van der Waals surface area (Å²) in [4.78, 5) is 14.6. The zero-order chi connectivity index (χ0) is 20.8. The molecular weight excluding hydrogens is 402 g/mol. The van der Waals surface area contributed by atoms with Crippen molar-refractivity contribution in [3.63, 3.8) is 0 Å². The van der Waals surface area contributed by atoms with Crippen molar-refractivity contribution in [1.82, 2.24) is 4.90 Å². The smallest absolute Gasteiger partial charge is 0.266 e. The molecule has 0 spiro atoms. The SMILES string of the molecule is CCN1C(=O)C(=Cc2cccc(OCCCOc3cccc(C)c3C)c2)SC1=S. The lowest BCUT2D eigenvalue weighted by Crippen LogP contribution is -2.27. The number of thiocarbonyl (C=S) groups is 1. The zero-order valence-corrected chi connectivity index (χ0v) is 18.6. The molecule has 0 N–H and O–H groups in total. The van der Waals surface area contributed by atoms with E-state index in [2.05, 4.69) is 19.9 Å². The molecule has 0 saturated carbocycles. The third-order valence-corrected chi connectivity index (χ3v) is 6.09. The van der Waals surface area contributed by atoms with Crippen molar-refractivity contribution in [2.75, 3.05) is 19.8 Å². The molecule has 1 heterocycles. The van der Waals surface area contributed by atoms with Crippen molar-refractivity contribution in [3.8, 4) is 11.5 Å². The summed E-state index contributed by atoms with van der Waals surface area (Å²) in [6, 6.07) is 13.8. The van der Waals surface area contributed by atoms with E-state index < -0.39 is 0 Å². The molecule has 2 aromatic carbocycles. The molecule has 0 radical (unpaired) electrons. The van der Waals surface area contributed by atoms with Crippen LogP contribution in [-0.4, -0.2) is 34.9 Å². The average Bonchev–Trinajstić information content (AvgIpc) is 2.97. The summed E-state index contributed by atoms with van der Waals surface area (Å²) in [6.07, 6.45) is 2.65. The number of carbonyl (C=O) groups excluding carboxylic acids is 1. The van der Waals surface area contributed by atoms with Crippen LogP contribution in [0.1, 0.15) is 30.0 Å². The van der Waals surface area contributed by atoms with Crippen molar-refractivity contribution >= 4 is 40.3 Å². The maximum Gasteiger partial charge on any atom is 0.266 e. The van der Waals surface area contributed by atoms with E-state index >= 15 is 0 Å². The number of aryl methyl sites for hydroxylation is 1. The molecule has 6 heteroatoms. The lowest BCUT2D eigenvalue weighted by Gasteiger charge is -2.11. The summed E-state index contributed by atoms with van der Waals surface area (Å²) >= 11 is 6.60. The predicted molar refractivity (Wildman–Crippen MR) is 124 cm³/mol. The molecule has 152 valence electrons. The van der Waals surface area contributed by atoms with Crippen LogP contribution < -0.4 is 9.47 Å². The lowest BCUT2D eigenvalue weighted by atomic mass is 10.1. The maximum atomic E-state index is 12.3. The number of amides is 1. The molecule has 2 aromatic rings. The fraction of sp³-hybridized carbons (Fsp3) is 0.304. The Labute approximate surface area is 181 Å². The second kappa shape index (κ2) is 9.94. The Morgan fingerprint density at radius 3 is 2.62 bits per heavy atom. The Kier molecular flexibility index (Phi) is 7.34. The normalized spacial score (nSPS) is 15.3. The Hall–Kier alpha value is -2.31. The van der Waals surface area contributed by atoms with Crippen LogP contribution in [-0.2, 0) is 4.79 Å². The lowest BCUT2D eigenvalue weighted by molar-refractivity contribution is -0.121. The third-order valence-electron chi connectivity index (χ3n) is 4.72. The molecule has 1 fully saturated rings. The fourth-order valence-corrected chi connectivity index (χ4v) is 4.31. The molecule has 4 nitrogen and oxygen atoms in total. The Bertz CT molecular complexity index is 939. The van der Waals surface area contributed by atoms with Crippen LogP contribution in [0.5, 0.6) is 11.5 Å². The van der Waals surface area contributed by atoms with Gasteiger partial charge in [-0.3, -0.25) is 9.69 Å². The minimum atomic E-state index is -0.0302. The van der Waals surface area contributed by atoms with Crippen molar-refractivity contribution in [2.45, 2.75) is 27.2 Å². The fourth-order valence-electron chi connectivity index (χ4n) is 2.93. The summed E-state index contributed by atoms with van der Waals surface area (Å²) in [5, 5.41) is 0. The van der Waals surface area contributed by atoms with Gasteiger partial charge >= 0.3 is 0 Å². The molecule has 1 aliphatic rings. The number of hydrogen-bond acceptors (Lipinski definition) is 5. The van der Waals surface area contributed by atoms with Crippen LogP contribution in [0.25, 0.3) is 6.08 Å². The topological polar surface area (TPSA) is 38.8 Å². The first-order valence-electron chi connectivity index (χ1n) is 9.67. The van der Waals surface area contributed by atoms with E-state index in [0.29, 0.717) is 29.0 Å². The number of rotatable bonds is 8. The van der Waals surface area contributed by atoms with Crippen LogP contribution in [0.4, 0.5) is 0 Å².